The van der Waals surface area contributed by atoms with Gasteiger partial charge in [0.25, 0.3) is 5.91 Å². The Bertz CT molecular complexity index is 1060. The second-order valence-electron chi connectivity index (χ2n) is 7.62. The SMILES string of the molecule is COC(=O)c1cc(OC)c(OC)c(OC)c1NC(=O)C1CCN(C(=O)c2ccc(F)cc2)CC1. The molecule has 0 spiro atoms. The number of esters is 1. The second-order valence-corrected chi connectivity index (χ2v) is 7.62. The van der Waals surface area contributed by atoms with Crippen LogP contribution in [-0.4, -0.2) is 64.2 Å². The van der Waals surface area contributed by atoms with Gasteiger partial charge in [-0.3, -0.25) is 9.59 Å². The highest BCUT2D eigenvalue weighted by atomic mass is 19.1. The van der Waals surface area contributed by atoms with Crippen LogP contribution in [0.4, 0.5) is 10.1 Å². The number of ether oxygens (including phenoxy) is 4. The van der Waals surface area contributed by atoms with Gasteiger partial charge in [-0.1, -0.05) is 0 Å². The summed E-state index contributed by atoms with van der Waals surface area (Å²) in [5.41, 5.74) is 0.554. The van der Waals surface area contributed by atoms with Crippen LogP contribution in [0.15, 0.2) is 30.3 Å². The molecule has 0 aliphatic carbocycles. The molecule has 2 aromatic carbocycles. The molecular weight excluding hydrogens is 447 g/mol. The molecule has 1 saturated heterocycles. The van der Waals surface area contributed by atoms with Gasteiger partial charge >= 0.3 is 5.97 Å². The van der Waals surface area contributed by atoms with Crippen molar-refractivity contribution in [2.45, 2.75) is 12.8 Å². The van der Waals surface area contributed by atoms with Gasteiger partial charge in [0.05, 0.1) is 34.0 Å². The Kier molecular flexibility index (Phi) is 7.93. The smallest absolute Gasteiger partial charge is 0.340 e. The molecule has 1 heterocycles. The largest absolute Gasteiger partial charge is 0.493 e. The lowest BCUT2D eigenvalue weighted by Crippen LogP contribution is -2.41. The molecule has 182 valence electrons. The van der Waals surface area contributed by atoms with Gasteiger partial charge in [0.2, 0.25) is 11.7 Å². The first-order valence-electron chi connectivity index (χ1n) is 10.6. The quantitative estimate of drug-likeness (QED) is 0.615. The molecule has 0 aromatic heterocycles. The standard InChI is InChI=1S/C24H27FN2O7/c1-31-18-13-17(24(30)34-4)19(21(33-3)20(18)32-2)26-22(28)14-9-11-27(12-10-14)23(29)15-5-7-16(25)8-6-15/h5-8,13-14H,9-12H2,1-4H3,(H,26,28). The number of nitrogens with one attached hydrogen (secondary N) is 1. The Morgan fingerprint density at radius 1 is 0.941 bits per heavy atom. The Morgan fingerprint density at radius 3 is 2.09 bits per heavy atom. The Balaban J connectivity index is 1.77. The van der Waals surface area contributed by atoms with E-state index < -0.39 is 17.7 Å². The van der Waals surface area contributed by atoms with Crippen LogP contribution in [-0.2, 0) is 9.53 Å². The monoisotopic (exact) mass is 474 g/mol. The van der Waals surface area contributed by atoms with E-state index in [0.29, 0.717) is 31.5 Å². The molecular formula is C24H27FN2O7. The molecule has 1 aliphatic heterocycles. The zero-order valence-corrected chi connectivity index (χ0v) is 19.5. The predicted molar refractivity (Wildman–Crippen MR) is 121 cm³/mol. The summed E-state index contributed by atoms with van der Waals surface area (Å²) in [6.07, 6.45) is 0.837. The average molecular weight is 474 g/mol. The van der Waals surface area contributed by atoms with Gasteiger partial charge in [0.15, 0.2) is 11.5 Å². The first kappa shape index (κ1) is 24.8. The lowest BCUT2D eigenvalue weighted by atomic mass is 9.95. The minimum atomic E-state index is -0.686. The third-order valence-electron chi connectivity index (χ3n) is 5.73. The minimum Gasteiger partial charge on any atom is -0.493 e. The highest BCUT2D eigenvalue weighted by molar-refractivity contribution is 6.05. The maximum Gasteiger partial charge on any atom is 0.340 e. The lowest BCUT2D eigenvalue weighted by Gasteiger charge is -2.31. The number of hydrogen-bond donors (Lipinski definition) is 1. The van der Waals surface area contributed by atoms with Gasteiger partial charge in [0, 0.05) is 30.6 Å². The molecule has 2 amide bonds. The number of piperidine rings is 1. The van der Waals surface area contributed by atoms with E-state index in [1.807, 2.05) is 0 Å². The molecule has 0 saturated carbocycles. The summed E-state index contributed by atoms with van der Waals surface area (Å²) < 4.78 is 34.1. The first-order valence-corrected chi connectivity index (χ1v) is 10.6. The number of carbonyl (C=O) groups excluding carboxylic acids is 3. The average Bonchev–Trinajstić information content (AvgIpc) is 2.87. The number of benzene rings is 2. The maximum atomic E-state index is 13.1. The van der Waals surface area contributed by atoms with E-state index >= 15 is 0 Å². The first-order chi connectivity index (χ1) is 16.3. The van der Waals surface area contributed by atoms with Crippen molar-refractivity contribution in [1.29, 1.82) is 0 Å². The van der Waals surface area contributed by atoms with Crippen LogP contribution in [0.25, 0.3) is 0 Å². The highest BCUT2D eigenvalue weighted by Crippen LogP contribution is 2.45. The third kappa shape index (κ3) is 5.05. The number of amides is 2. The lowest BCUT2D eigenvalue weighted by molar-refractivity contribution is -0.121. The molecule has 0 bridgehead atoms. The van der Waals surface area contributed by atoms with Crippen molar-refractivity contribution < 1.29 is 37.7 Å². The number of methoxy groups -OCH3 is 4. The number of nitrogens with zero attached hydrogens (tertiary/aromatic N) is 1. The van der Waals surface area contributed by atoms with E-state index in [1.165, 1.54) is 58.8 Å². The molecule has 3 rings (SSSR count). The van der Waals surface area contributed by atoms with Crippen LogP contribution in [0.1, 0.15) is 33.6 Å². The maximum absolute atomic E-state index is 13.1. The fourth-order valence-corrected chi connectivity index (χ4v) is 3.90. The molecule has 10 heteroatoms. The van der Waals surface area contributed by atoms with Gasteiger partial charge in [-0.25, -0.2) is 9.18 Å². The summed E-state index contributed by atoms with van der Waals surface area (Å²) in [7, 11) is 5.44. The Morgan fingerprint density at radius 2 is 1.56 bits per heavy atom. The van der Waals surface area contributed by atoms with Gasteiger partial charge in [-0.05, 0) is 37.1 Å². The number of rotatable bonds is 7. The number of likely N-dealkylation sites (tertiary alicyclic amines) is 1. The van der Waals surface area contributed by atoms with Crippen LogP contribution in [0.2, 0.25) is 0 Å². The number of halogens is 1. The van der Waals surface area contributed by atoms with Crippen molar-refractivity contribution in [2.75, 3.05) is 46.8 Å². The van der Waals surface area contributed by atoms with Gasteiger partial charge in [0.1, 0.15) is 11.5 Å². The topological polar surface area (TPSA) is 103 Å². The van der Waals surface area contributed by atoms with E-state index in [1.54, 1.807) is 4.90 Å². The second kappa shape index (κ2) is 10.9. The molecule has 0 radical (unpaired) electrons. The summed E-state index contributed by atoms with van der Waals surface area (Å²) in [6.45, 7) is 0.725. The van der Waals surface area contributed by atoms with Crippen molar-refractivity contribution in [2.24, 2.45) is 5.92 Å². The molecule has 0 atom stereocenters. The summed E-state index contributed by atoms with van der Waals surface area (Å²) in [6, 6.07) is 6.76. The molecule has 0 unspecified atom stereocenters. The zero-order valence-electron chi connectivity index (χ0n) is 19.5. The van der Waals surface area contributed by atoms with Crippen molar-refractivity contribution in [3.05, 3.63) is 47.3 Å². The van der Waals surface area contributed by atoms with E-state index in [2.05, 4.69) is 5.32 Å². The van der Waals surface area contributed by atoms with Gasteiger partial charge in [-0.2, -0.15) is 0 Å². The Hall–Kier alpha value is -3.82. The Labute approximate surface area is 196 Å². The van der Waals surface area contributed by atoms with E-state index in [-0.39, 0.29) is 40.3 Å². The molecule has 34 heavy (non-hydrogen) atoms. The zero-order chi connectivity index (χ0) is 24.8. The van der Waals surface area contributed by atoms with E-state index in [4.69, 9.17) is 18.9 Å². The number of hydrogen-bond acceptors (Lipinski definition) is 7. The summed E-state index contributed by atoms with van der Waals surface area (Å²) >= 11 is 0. The van der Waals surface area contributed by atoms with Gasteiger partial charge < -0.3 is 29.2 Å². The normalized spacial score (nSPS) is 13.7. The van der Waals surface area contributed by atoms with Crippen molar-refractivity contribution in [3.8, 4) is 17.2 Å². The molecule has 9 nitrogen and oxygen atoms in total. The summed E-state index contributed by atoms with van der Waals surface area (Å²) in [5.74, 6) is -1.46. The molecule has 1 N–H and O–H groups in total. The predicted octanol–water partition coefficient (Wildman–Crippen LogP) is 3.13. The van der Waals surface area contributed by atoms with Crippen molar-refractivity contribution in [3.63, 3.8) is 0 Å². The van der Waals surface area contributed by atoms with Crippen molar-refractivity contribution >= 4 is 23.5 Å². The third-order valence-corrected chi connectivity index (χ3v) is 5.73. The van der Waals surface area contributed by atoms with Gasteiger partial charge in [-0.15, -0.1) is 0 Å². The van der Waals surface area contributed by atoms with E-state index in [9.17, 15) is 18.8 Å². The summed E-state index contributed by atoms with van der Waals surface area (Å²) in [5, 5.41) is 2.78. The summed E-state index contributed by atoms with van der Waals surface area (Å²) in [4.78, 5) is 39.8. The van der Waals surface area contributed by atoms with Crippen LogP contribution >= 0.6 is 0 Å². The van der Waals surface area contributed by atoms with Crippen LogP contribution < -0.4 is 19.5 Å². The number of carbonyl (C=O) groups is 3. The molecule has 1 aliphatic rings. The molecule has 2 aromatic rings. The number of anilines is 1. The fraction of sp³-hybridized carbons (Fsp3) is 0.375. The van der Waals surface area contributed by atoms with E-state index in [0.717, 1.165) is 0 Å². The van der Waals surface area contributed by atoms with Crippen LogP contribution in [0, 0.1) is 11.7 Å². The van der Waals surface area contributed by atoms with Crippen LogP contribution in [0.5, 0.6) is 17.2 Å². The molecule has 1 fully saturated rings. The van der Waals surface area contributed by atoms with Crippen molar-refractivity contribution in [1.82, 2.24) is 4.90 Å². The fourth-order valence-electron chi connectivity index (χ4n) is 3.90. The highest BCUT2D eigenvalue weighted by Gasteiger charge is 2.31. The minimum absolute atomic E-state index is 0.0503. The van der Waals surface area contributed by atoms with Crippen LogP contribution in [0.3, 0.4) is 0 Å².